The van der Waals surface area contributed by atoms with E-state index in [1.165, 1.54) is 6.20 Å². The number of hydrogen-bond donors (Lipinski definition) is 2. The largest absolute Gasteiger partial charge is 0.396 e. The molecule has 5 heteroatoms. The van der Waals surface area contributed by atoms with Gasteiger partial charge in [0.25, 0.3) is 0 Å². The van der Waals surface area contributed by atoms with E-state index in [1.807, 2.05) is 20.8 Å². The predicted octanol–water partition coefficient (Wildman–Crippen LogP) is 1.12. The van der Waals surface area contributed by atoms with Gasteiger partial charge in [0.15, 0.2) is 0 Å². The third kappa shape index (κ3) is 2.74. The maximum absolute atomic E-state index is 12.1. The first kappa shape index (κ1) is 12.5. The summed E-state index contributed by atoms with van der Waals surface area (Å²) in [5, 5.41) is 7.00. The normalized spacial score (nSPS) is 12.6. The predicted molar refractivity (Wildman–Crippen MR) is 63.9 cm³/mol. The van der Waals surface area contributed by atoms with Crippen LogP contribution in [0.1, 0.15) is 34.6 Å². The van der Waals surface area contributed by atoms with E-state index in [4.69, 9.17) is 5.73 Å². The van der Waals surface area contributed by atoms with Crippen LogP contribution in [0, 0.1) is 0 Å². The van der Waals surface area contributed by atoms with Gasteiger partial charge in [-0.15, -0.1) is 0 Å². The molecule has 3 N–H and O–H groups in total. The van der Waals surface area contributed by atoms with E-state index in [-0.39, 0.29) is 11.4 Å². The van der Waals surface area contributed by atoms with Crippen molar-refractivity contribution in [3.05, 3.63) is 12.4 Å². The molecule has 0 unspecified atom stereocenters. The van der Waals surface area contributed by atoms with Gasteiger partial charge in [-0.1, -0.05) is 0 Å². The number of hydrogen-bond acceptors (Lipinski definition) is 3. The molecule has 0 aromatic carbocycles. The minimum absolute atomic E-state index is 0.0805. The lowest BCUT2D eigenvalue weighted by atomic mass is 10.0. The average Bonchev–Trinajstić information content (AvgIpc) is 2.48. The number of nitrogens with two attached hydrogens (primary N) is 1. The first-order valence-electron chi connectivity index (χ1n) is 5.26. The molecule has 90 valence electrons. The Balaban J connectivity index is 2.90. The van der Waals surface area contributed by atoms with Gasteiger partial charge in [0.2, 0.25) is 5.91 Å². The molecule has 0 fully saturated rings. The minimum Gasteiger partial charge on any atom is -0.396 e. The Bertz CT molecular complexity index is 387. The monoisotopic (exact) mass is 224 g/mol. The smallest absolute Gasteiger partial charge is 0.247 e. The van der Waals surface area contributed by atoms with Crippen molar-refractivity contribution in [1.29, 1.82) is 0 Å². The van der Waals surface area contributed by atoms with Crippen LogP contribution in [0.3, 0.4) is 0 Å². The number of rotatable bonds is 2. The highest BCUT2D eigenvalue weighted by molar-refractivity contribution is 5.84. The summed E-state index contributed by atoms with van der Waals surface area (Å²) in [5.41, 5.74) is 5.14. The third-order valence-corrected chi connectivity index (χ3v) is 2.22. The SMILES string of the molecule is CC(C)(C)NC(=O)C(C)(C)n1cc(N)cn1. The lowest BCUT2D eigenvalue weighted by Gasteiger charge is -2.29. The van der Waals surface area contributed by atoms with Gasteiger partial charge in [0, 0.05) is 11.7 Å². The van der Waals surface area contributed by atoms with Crippen LogP contribution in [0.4, 0.5) is 5.69 Å². The van der Waals surface area contributed by atoms with Gasteiger partial charge in [-0.2, -0.15) is 5.10 Å². The van der Waals surface area contributed by atoms with E-state index in [1.54, 1.807) is 24.7 Å². The van der Waals surface area contributed by atoms with Crippen molar-refractivity contribution < 1.29 is 4.79 Å². The van der Waals surface area contributed by atoms with Crippen molar-refractivity contribution >= 4 is 11.6 Å². The fourth-order valence-electron chi connectivity index (χ4n) is 1.24. The summed E-state index contributed by atoms with van der Waals surface area (Å²) in [6, 6.07) is 0. The Morgan fingerprint density at radius 3 is 2.31 bits per heavy atom. The number of anilines is 1. The van der Waals surface area contributed by atoms with Crippen LogP contribution in [0.15, 0.2) is 12.4 Å². The van der Waals surface area contributed by atoms with E-state index in [0.717, 1.165) is 0 Å². The van der Waals surface area contributed by atoms with Gasteiger partial charge in [0.1, 0.15) is 5.54 Å². The highest BCUT2D eigenvalue weighted by atomic mass is 16.2. The van der Waals surface area contributed by atoms with Crippen LogP contribution in [0.25, 0.3) is 0 Å². The fourth-order valence-corrected chi connectivity index (χ4v) is 1.24. The molecule has 0 saturated carbocycles. The quantitative estimate of drug-likeness (QED) is 0.790. The van der Waals surface area contributed by atoms with E-state index in [0.29, 0.717) is 5.69 Å². The number of nitrogens with one attached hydrogen (secondary N) is 1. The van der Waals surface area contributed by atoms with Gasteiger partial charge in [-0.25, -0.2) is 0 Å². The summed E-state index contributed by atoms with van der Waals surface area (Å²) < 4.78 is 1.57. The second-order valence-corrected chi connectivity index (χ2v) is 5.48. The van der Waals surface area contributed by atoms with Crippen LogP contribution < -0.4 is 11.1 Å². The van der Waals surface area contributed by atoms with E-state index >= 15 is 0 Å². The molecule has 1 aromatic heterocycles. The van der Waals surface area contributed by atoms with Crippen molar-refractivity contribution in [3.63, 3.8) is 0 Å². The molecule has 0 aliphatic carbocycles. The number of amides is 1. The summed E-state index contributed by atoms with van der Waals surface area (Å²) in [5.74, 6) is -0.0805. The summed E-state index contributed by atoms with van der Waals surface area (Å²) in [7, 11) is 0. The van der Waals surface area contributed by atoms with Gasteiger partial charge < -0.3 is 11.1 Å². The first-order valence-corrected chi connectivity index (χ1v) is 5.26. The van der Waals surface area contributed by atoms with Gasteiger partial charge >= 0.3 is 0 Å². The molecule has 16 heavy (non-hydrogen) atoms. The molecule has 1 heterocycles. The Kier molecular flexibility index (Phi) is 2.99. The Labute approximate surface area is 96.0 Å². The molecule has 0 atom stereocenters. The summed E-state index contributed by atoms with van der Waals surface area (Å²) in [4.78, 5) is 12.1. The number of carbonyl (C=O) groups is 1. The molecule has 0 spiro atoms. The standard InChI is InChI=1S/C11H20N4O/c1-10(2,3)14-9(16)11(4,5)15-7-8(12)6-13-15/h6-7H,12H2,1-5H3,(H,14,16). The molecular weight excluding hydrogens is 204 g/mol. The molecular formula is C11H20N4O. The van der Waals surface area contributed by atoms with Gasteiger partial charge in [-0.3, -0.25) is 9.48 Å². The molecule has 5 nitrogen and oxygen atoms in total. The zero-order valence-electron chi connectivity index (χ0n) is 10.5. The molecule has 0 aliphatic rings. The first-order chi connectivity index (χ1) is 7.13. The molecule has 0 aliphatic heterocycles. The van der Waals surface area contributed by atoms with E-state index in [2.05, 4.69) is 10.4 Å². The van der Waals surface area contributed by atoms with Crippen LogP contribution in [-0.2, 0) is 10.3 Å². The number of aromatic nitrogens is 2. The number of nitrogen functional groups attached to an aromatic ring is 1. The Morgan fingerprint density at radius 2 is 1.94 bits per heavy atom. The van der Waals surface area contributed by atoms with Crippen molar-refractivity contribution in [3.8, 4) is 0 Å². The second-order valence-electron chi connectivity index (χ2n) is 5.48. The molecule has 0 saturated heterocycles. The van der Waals surface area contributed by atoms with Crippen LogP contribution in [0.2, 0.25) is 0 Å². The Morgan fingerprint density at radius 1 is 1.38 bits per heavy atom. The van der Waals surface area contributed by atoms with Crippen LogP contribution in [0.5, 0.6) is 0 Å². The maximum atomic E-state index is 12.1. The maximum Gasteiger partial charge on any atom is 0.247 e. The lowest BCUT2D eigenvalue weighted by molar-refractivity contribution is -0.130. The van der Waals surface area contributed by atoms with Crippen LogP contribution >= 0.6 is 0 Å². The molecule has 1 aromatic rings. The zero-order chi connectivity index (χ0) is 12.6. The minimum atomic E-state index is -0.745. The molecule has 1 amide bonds. The highest BCUT2D eigenvalue weighted by Crippen LogP contribution is 2.17. The van der Waals surface area contributed by atoms with Crippen molar-refractivity contribution in [2.45, 2.75) is 45.7 Å². The number of carbonyl (C=O) groups excluding carboxylic acids is 1. The molecule has 0 bridgehead atoms. The van der Waals surface area contributed by atoms with Gasteiger partial charge in [-0.05, 0) is 34.6 Å². The lowest BCUT2D eigenvalue weighted by Crippen LogP contribution is -2.51. The summed E-state index contributed by atoms with van der Waals surface area (Å²) in [6.07, 6.45) is 3.19. The van der Waals surface area contributed by atoms with Crippen molar-refractivity contribution in [1.82, 2.24) is 15.1 Å². The topological polar surface area (TPSA) is 72.9 Å². The summed E-state index contributed by atoms with van der Waals surface area (Å²) in [6.45, 7) is 9.44. The molecule has 0 radical (unpaired) electrons. The second kappa shape index (κ2) is 3.81. The summed E-state index contributed by atoms with van der Waals surface area (Å²) >= 11 is 0. The molecule has 1 rings (SSSR count). The fraction of sp³-hybridized carbons (Fsp3) is 0.636. The van der Waals surface area contributed by atoms with E-state index < -0.39 is 5.54 Å². The average molecular weight is 224 g/mol. The van der Waals surface area contributed by atoms with E-state index in [9.17, 15) is 4.79 Å². The highest BCUT2D eigenvalue weighted by Gasteiger charge is 2.32. The van der Waals surface area contributed by atoms with Crippen molar-refractivity contribution in [2.24, 2.45) is 0 Å². The third-order valence-electron chi connectivity index (χ3n) is 2.22. The van der Waals surface area contributed by atoms with Crippen LogP contribution in [-0.4, -0.2) is 21.2 Å². The number of nitrogens with zero attached hydrogens (tertiary/aromatic N) is 2. The van der Waals surface area contributed by atoms with Crippen molar-refractivity contribution in [2.75, 3.05) is 5.73 Å². The zero-order valence-corrected chi connectivity index (χ0v) is 10.5. The Hall–Kier alpha value is -1.52. The van der Waals surface area contributed by atoms with Gasteiger partial charge in [0.05, 0.1) is 11.9 Å².